The van der Waals surface area contributed by atoms with Gasteiger partial charge in [0.1, 0.15) is 0 Å². The zero-order valence-electron chi connectivity index (χ0n) is 4.02. The van der Waals surface area contributed by atoms with E-state index in [4.69, 9.17) is 4.18 Å². The van der Waals surface area contributed by atoms with Crippen LogP contribution in [0.25, 0.3) is 0 Å². The summed E-state index contributed by atoms with van der Waals surface area (Å²) in [5, 5.41) is 0. The topological polar surface area (TPSA) is 9.23 Å². The van der Waals surface area contributed by atoms with Gasteiger partial charge in [-0.15, -0.1) is 0 Å². The summed E-state index contributed by atoms with van der Waals surface area (Å²) in [6, 6.07) is 0. The van der Waals surface area contributed by atoms with Crippen molar-refractivity contribution < 1.29 is 4.18 Å². The number of halogens is 1. The summed E-state index contributed by atoms with van der Waals surface area (Å²) in [4.78, 5) is 0. The van der Waals surface area contributed by atoms with Crippen molar-refractivity contribution in [3.63, 3.8) is 0 Å². The molecule has 0 aliphatic rings. The minimum absolute atomic E-state index is 0.862. The smallest absolute Gasteiger partial charge is 0.0735 e. The van der Waals surface area contributed by atoms with Gasteiger partial charge in [-0.1, -0.05) is 6.92 Å². The normalized spacial score (nSPS) is 9.43. The van der Waals surface area contributed by atoms with Crippen molar-refractivity contribution in [1.29, 1.82) is 0 Å². The molecule has 0 aliphatic carbocycles. The number of hydrogen-bond donors (Lipinski definition) is 0. The molecule has 0 aromatic rings. The van der Waals surface area contributed by atoms with E-state index in [1.165, 1.54) is 11.1 Å². The Bertz CT molecular complexity index is 32.1. The molecule has 0 saturated carbocycles. The zero-order chi connectivity index (χ0) is 5.54. The molecule has 0 N–H and O–H groups in total. The summed E-state index contributed by atoms with van der Waals surface area (Å²) in [5.41, 5.74) is 0. The second kappa shape index (κ2) is 7.39. The lowest BCUT2D eigenvalue weighted by Gasteiger charge is -1.91. The van der Waals surface area contributed by atoms with Gasteiger partial charge in [0, 0.05) is 29.2 Å². The molecular weight excluding hydrogens is 243 g/mol. The van der Waals surface area contributed by atoms with Gasteiger partial charge in [0.25, 0.3) is 0 Å². The third kappa shape index (κ3) is 7.39. The Morgan fingerprint density at radius 1 is 1.71 bits per heavy atom. The molecule has 0 radical (unpaired) electrons. The molecule has 0 aliphatic heterocycles. The molecule has 0 rings (SSSR count). The fourth-order valence-electron chi connectivity index (χ4n) is 0.136. The van der Waals surface area contributed by atoms with Gasteiger partial charge in [0.2, 0.25) is 0 Å². The number of rotatable bonds is 4. The summed E-state index contributed by atoms with van der Waals surface area (Å²) < 4.78 is 5.00. The maximum Gasteiger partial charge on any atom is 0.0735 e. The van der Waals surface area contributed by atoms with Crippen LogP contribution in [0.4, 0.5) is 0 Å². The van der Waals surface area contributed by atoms with Gasteiger partial charge in [0.05, 0.1) is 17.7 Å². The Morgan fingerprint density at radius 3 is 2.86 bits per heavy atom. The second-order valence-electron chi connectivity index (χ2n) is 0.953. The lowest BCUT2D eigenvalue weighted by Crippen LogP contribution is -1.77. The molecule has 0 spiro atoms. The van der Waals surface area contributed by atoms with Gasteiger partial charge in [-0.25, -0.2) is 0 Å². The Balaban J connectivity index is 2.45. The van der Waals surface area contributed by atoms with E-state index in [0.29, 0.717) is 0 Å². The lowest BCUT2D eigenvalue weighted by atomic mass is 10.5. The molecule has 0 aromatic heterocycles. The Kier molecular flexibility index (Phi) is 8.86. The van der Waals surface area contributed by atoms with Gasteiger partial charge in [-0.05, 0) is 6.42 Å². The zero-order valence-corrected chi connectivity index (χ0v) is 7.81. The Hall–Kier alpha value is 1.39. The summed E-state index contributed by atoms with van der Waals surface area (Å²) >= 11 is 3.62. The quantitative estimate of drug-likeness (QED) is 0.328. The molecule has 0 heterocycles. The first kappa shape index (κ1) is 8.39. The molecule has 0 saturated heterocycles. The molecule has 0 fully saturated rings. The third-order valence-corrected chi connectivity index (χ3v) is 2.44. The van der Waals surface area contributed by atoms with E-state index in [-0.39, 0.29) is 0 Å². The minimum atomic E-state index is 0.862. The van der Waals surface area contributed by atoms with Gasteiger partial charge < -0.3 is 4.18 Å². The highest BCUT2D eigenvalue weighted by Gasteiger charge is 1.81. The van der Waals surface area contributed by atoms with Crippen LogP contribution in [0.3, 0.4) is 0 Å². The monoisotopic (exact) mass is 250 g/mol. The maximum absolute atomic E-state index is 5.00. The van der Waals surface area contributed by atoms with Crippen LogP contribution in [0.1, 0.15) is 13.3 Å². The second-order valence-corrected chi connectivity index (χ2v) is 5.47. The predicted molar refractivity (Wildman–Crippen MR) is 45.4 cm³/mol. The first-order valence-corrected chi connectivity index (χ1v) is 6.60. The van der Waals surface area contributed by atoms with E-state index >= 15 is 0 Å². The SMILES string of the molecule is CCCOSSI. The van der Waals surface area contributed by atoms with Crippen LogP contribution in [0, 0.1) is 0 Å². The van der Waals surface area contributed by atoms with Crippen LogP contribution in [0.5, 0.6) is 0 Å². The summed E-state index contributed by atoms with van der Waals surface area (Å²) in [5.74, 6) is 0. The highest BCUT2D eigenvalue weighted by molar-refractivity contribution is 14.2. The van der Waals surface area contributed by atoms with Crippen LogP contribution < -0.4 is 0 Å². The summed E-state index contributed by atoms with van der Waals surface area (Å²) in [6.07, 6.45) is 1.10. The van der Waals surface area contributed by atoms with E-state index in [0.717, 1.165) is 13.0 Å². The van der Waals surface area contributed by atoms with Crippen molar-refractivity contribution in [2.45, 2.75) is 13.3 Å². The molecule has 0 amide bonds. The van der Waals surface area contributed by atoms with E-state index in [1.807, 2.05) is 0 Å². The highest BCUT2D eigenvalue weighted by atomic mass is 127. The first-order valence-electron chi connectivity index (χ1n) is 1.98. The van der Waals surface area contributed by atoms with Crippen molar-refractivity contribution >= 4 is 40.2 Å². The molecule has 44 valence electrons. The van der Waals surface area contributed by atoms with Gasteiger partial charge in [-0.2, -0.15) is 0 Å². The largest absolute Gasteiger partial charge is 0.304 e. The molecule has 0 unspecified atom stereocenters. The maximum atomic E-state index is 5.00. The first-order chi connectivity index (χ1) is 3.41. The summed E-state index contributed by atoms with van der Waals surface area (Å²) in [7, 11) is 1.61. The van der Waals surface area contributed by atoms with E-state index < -0.39 is 0 Å². The van der Waals surface area contributed by atoms with Crippen LogP contribution in [-0.4, -0.2) is 6.61 Å². The molecule has 1 nitrogen and oxygen atoms in total. The van der Waals surface area contributed by atoms with Crippen molar-refractivity contribution in [1.82, 2.24) is 0 Å². The van der Waals surface area contributed by atoms with Crippen molar-refractivity contribution in [2.24, 2.45) is 0 Å². The fourth-order valence-corrected chi connectivity index (χ4v) is 1.65. The Morgan fingerprint density at radius 2 is 2.43 bits per heavy atom. The fraction of sp³-hybridized carbons (Fsp3) is 1.00. The predicted octanol–water partition coefficient (Wildman–Crippen LogP) is 3.06. The van der Waals surface area contributed by atoms with E-state index in [1.54, 1.807) is 7.97 Å². The highest BCUT2D eigenvalue weighted by Crippen LogP contribution is 2.29. The Labute approximate surface area is 64.1 Å². The average molecular weight is 250 g/mol. The van der Waals surface area contributed by atoms with E-state index in [9.17, 15) is 0 Å². The molecule has 7 heavy (non-hydrogen) atoms. The van der Waals surface area contributed by atoms with Crippen LogP contribution in [-0.2, 0) is 4.18 Å². The van der Waals surface area contributed by atoms with Crippen LogP contribution in [0.15, 0.2) is 0 Å². The van der Waals surface area contributed by atoms with Crippen LogP contribution in [0.2, 0.25) is 0 Å². The van der Waals surface area contributed by atoms with Gasteiger partial charge >= 0.3 is 0 Å². The van der Waals surface area contributed by atoms with Gasteiger partial charge in [-0.3, -0.25) is 0 Å². The van der Waals surface area contributed by atoms with Crippen molar-refractivity contribution in [2.75, 3.05) is 6.61 Å². The van der Waals surface area contributed by atoms with E-state index in [2.05, 4.69) is 28.1 Å². The van der Waals surface area contributed by atoms with Crippen molar-refractivity contribution in [3.8, 4) is 0 Å². The van der Waals surface area contributed by atoms with Gasteiger partial charge in [0.15, 0.2) is 0 Å². The van der Waals surface area contributed by atoms with Crippen molar-refractivity contribution in [3.05, 3.63) is 0 Å². The molecule has 0 aromatic carbocycles. The lowest BCUT2D eigenvalue weighted by molar-refractivity contribution is 0.379. The molecule has 0 bridgehead atoms. The number of hydrogen-bond acceptors (Lipinski definition) is 3. The molecule has 4 heteroatoms. The third-order valence-electron chi connectivity index (χ3n) is 0.361. The van der Waals surface area contributed by atoms with Crippen LogP contribution >= 0.6 is 40.2 Å². The summed E-state index contributed by atoms with van der Waals surface area (Å²) in [6.45, 7) is 2.96. The minimum Gasteiger partial charge on any atom is -0.304 e. The standard InChI is InChI=1S/C3H7IOS2/c1-2-3-5-7-6-4/h2-3H2,1H3. The average Bonchev–Trinajstić information content (AvgIpc) is 1.69. The molecular formula is C3H7IOS2. The molecule has 0 atom stereocenters.